The van der Waals surface area contributed by atoms with Crippen molar-refractivity contribution in [2.45, 2.75) is 427 Å². The van der Waals surface area contributed by atoms with Gasteiger partial charge in [-0.05, 0) is 160 Å². The van der Waals surface area contributed by atoms with E-state index in [-0.39, 0.29) is 68.0 Å². The molecule has 0 atom stereocenters. The topological polar surface area (TPSA) is 234 Å². The van der Waals surface area contributed by atoms with Gasteiger partial charge in [0.15, 0.2) is 34.4 Å². The first-order valence-corrected chi connectivity index (χ1v) is 54.1. The fourth-order valence-electron chi connectivity index (χ4n) is 17.1. The van der Waals surface area contributed by atoms with Crippen LogP contribution < -0.4 is 47.4 Å². The van der Waals surface area contributed by atoms with Gasteiger partial charge in [-0.2, -0.15) is 10.5 Å². The Morgan fingerprint density at radius 3 is 0.581 bits per heavy atom. The maximum Gasteiger partial charge on any atom is 0.343 e. The van der Waals surface area contributed by atoms with Gasteiger partial charge in [-0.3, -0.25) is 0 Å². The molecule has 0 N–H and O–H groups in total. The van der Waals surface area contributed by atoms with Crippen molar-refractivity contribution >= 4 is 23.9 Å². The SMILES string of the molecule is CCCCCCCCCCCCOc1cc(C(=O)Oc2ccc(C(=O)Oc3ccc(-c4nc(C#N)c(C#N)nc4-c4ccc(OC(=O)c5ccc(OC(=O)c6cc(OCCCCCCCCCCCC)c(OCCCCCCCCCCCC)c(OCCCCCCCCCCCC)c6)cc5)cc4)cc3)cc2)cc(OCCCCCCCCCCCC)c1OCCCCCCCCCCCC. The van der Waals surface area contributed by atoms with Crippen LogP contribution in [0.3, 0.4) is 0 Å². The minimum absolute atomic E-state index is 0.187. The second-order valence-electron chi connectivity index (χ2n) is 37.3. The van der Waals surface area contributed by atoms with Crippen molar-refractivity contribution in [3.8, 4) is 92.1 Å². The van der Waals surface area contributed by atoms with Gasteiger partial charge in [0, 0.05) is 11.1 Å². The summed E-state index contributed by atoms with van der Waals surface area (Å²) in [4.78, 5) is 65.6. The number of nitriles is 2. The molecule has 0 aliphatic carbocycles. The molecule has 1 aromatic heterocycles. The number of hydrogen-bond acceptors (Lipinski definition) is 18. The van der Waals surface area contributed by atoms with E-state index in [0.29, 0.717) is 85.3 Å². The Kier molecular flexibility index (Phi) is 60.9. The van der Waals surface area contributed by atoms with Crippen LogP contribution in [0, 0.1) is 22.7 Å². The van der Waals surface area contributed by atoms with Crippen molar-refractivity contribution < 1.29 is 66.5 Å². The summed E-state index contributed by atoms with van der Waals surface area (Å²) >= 11 is 0. The van der Waals surface area contributed by atoms with Crippen LogP contribution in [0.1, 0.15) is 480 Å². The van der Waals surface area contributed by atoms with E-state index in [2.05, 4.69) is 51.5 Å². The minimum Gasteiger partial charge on any atom is -0.490 e. The Hall–Kier alpha value is -9.94. The molecule has 0 radical (unpaired) electrons. The van der Waals surface area contributed by atoms with Crippen molar-refractivity contribution in [2.75, 3.05) is 39.6 Å². The number of carbonyl (C=O) groups excluding carboxylic acids is 4. The Balaban J connectivity index is 1.000. The number of esters is 4. The van der Waals surface area contributed by atoms with E-state index in [4.69, 9.17) is 47.4 Å². The average molecular weight is 1870 g/mol. The first-order valence-electron chi connectivity index (χ1n) is 54.1. The molecule has 6 aromatic carbocycles. The second kappa shape index (κ2) is 73.3. The summed E-state index contributed by atoms with van der Waals surface area (Å²) in [5.41, 5.74) is 2.03. The Bertz CT molecular complexity index is 4080. The fraction of sp³-hybridized carbons (Fsp3) is 0.610. The highest BCUT2D eigenvalue weighted by Gasteiger charge is 2.26. The van der Waals surface area contributed by atoms with Crippen LogP contribution >= 0.6 is 0 Å². The number of hydrogen-bond donors (Lipinski definition) is 0. The summed E-state index contributed by atoms with van der Waals surface area (Å²) < 4.78 is 63.4. The third-order valence-corrected chi connectivity index (χ3v) is 25.4. The molecule has 0 spiro atoms. The molecule has 0 saturated carbocycles. The molecule has 0 aliphatic rings. The largest absolute Gasteiger partial charge is 0.490 e. The highest BCUT2D eigenvalue weighted by Crippen LogP contribution is 2.43. The monoisotopic (exact) mass is 1870 g/mol. The lowest BCUT2D eigenvalue weighted by Crippen LogP contribution is -2.12. The van der Waals surface area contributed by atoms with Gasteiger partial charge in [-0.1, -0.05) is 388 Å². The molecule has 0 fully saturated rings. The highest BCUT2D eigenvalue weighted by atomic mass is 16.6. The molecule has 0 saturated heterocycles. The summed E-state index contributed by atoms with van der Waals surface area (Å²) in [5, 5.41) is 20.3. The van der Waals surface area contributed by atoms with Gasteiger partial charge in [0.2, 0.25) is 11.5 Å². The maximum atomic E-state index is 14.3. The lowest BCUT2D eigenvalue weighted by Gasteiger charge is -2.19. The minimum atomic E-state index is -0.669. The van der Waals surface area contributed by atoms with E-state index in [1.807, 2.05) is 12.1 Å². The van der Waals surface area contributed by atoms with Crippen molar-refractivity contribution in [2.24, 2.45) is 0 Å². The van der Waals surface area contributed by atoms with Crippen molar-refractivity contribution in [1.82, 2.24) is 9.97 Å². The standard InChI is InChI=1S/C118H170N4O14/c1-7-13-19-25-31-37-43-49-55-61-83-127-107-89-99(90-108(128-84-62-56-50-44-38-32-26-20-14-8-2)113(107)131-87-65-59-53-47-41-35-29-23-17-11-5)117(125)135-103-79-71-97(72-80-103)115(123)133-101-75-67-95(68-76-101)111-112(122-106(94-120)105(93-119)121-111)96-69-77-102(78-70-96)134-116(124)98-73-81-104(82-74-98)136-118(126)100-91-109(129-85-63-57-51-45-39-33-27-21-15-9-3)114(132-88-66-60-54-48-42-36-30-24-18-12-6)110(92-100)130-86-64-58-52-46-40-34-28-22-16-10-4/h67-82,89-92H,7-66,83-88H2,1-6H3. The summed E-state index contributed by atoms with van der Waals surface area (Å²) in [6.07, 6.45) is 72.1. The zero-order valence-corrected chi connectivity index (χ0v) is 84.7. The van der Waals surface area contributed by atoms with Crippen LogP contribution in [0.5, 0.6) is 57.5 Å². The molecule has 0 unspecified atom stereocenters. The Morgan fingerprint density at radius 1 is 0.221 bits per heavy atom. The maximum absolute atomic E-state index is 14.3. The molecule has 18 heteroatoms. The lowest BCUT2D eigenvalue weighted by molar-refractivity contribution is 0.0719. The summed E-state index contributed by atoms with van der Waals surface area (Å²) in [6.45, 7) is 16.4. The van der Waals surface area contributed by atoms with Gasteiger partial charge in [0.1, 0.15) is 35.1 Å². The Morgan fingerprint density at radius 2 is 0.390 bits per heavy atom. The van der Waals surface area contributed by atoms with Gasteiger partial charge in [-0.25, -0.2) is 29.1 Å². The van der Waals surface area contributed by atoms with Crippen molar-refractivity contribution in [3.63, 3.8) is 0 Å². The van der Waals surface area contributed by atoms with Crippen LogP contribution in [0.25, 0.3) is 22.5 Å². The smallest absolute Gasteiger partial charge is 0.343 e. The normalized spacial score (nSPS) is 11.1. The van der Waals surface area contributed by atoms with E-state index in [1.54, 1.807) is 97.1 Å². The number of unbranched alkanes of at least 4 members (excludes halogenated alkanes) is 54. The molecule has 0 bridgehead atoms. The van der Waals surface area contributed by atoms with Gasteiger partial charge < -0.3 is 47.4 Å². The van der Waals surface area contributed by atoms with Gasteiger partial charge >= 0.3 is 23.9 Å². The summed E-state index contributed by atoms with van der Waals surface area (Å²) in [6, 6.07) is 36.1. The molecular formula is C118H170N4O14. The number of benzene rings is 6. The van der Waals surface area contributed by atoms with E-state index < -0.39 is 23.9 Å². The van der Waals surface area contributed by atoms with E-state index >= 15 is 0 Å². The fourth-order valence-corrected chi connectivity index (χ4v) is 17.1. The van der Waals surface area contributed by atoms with Crippen molar-refractivity contribution in [3.05, 3.63) is 155 Å². The molecule has 7 rings (SSSR count). The lowest BCUT2D eigenvalue weighted by atomic mass is 10.0. The quantitative estimate of drug-likeness (QED) is 0.0196. The van der Waals surface area contributed by atoms with Gasteiger partial charge in [0.25, 0.3) is 0 Å². The van der Waals surface area contributed by atoms with Crippen LogP contribution in [0.15, 0.2) is 121 Å². The predicted molar refractivity (Wildman–Crippen MR) is 552 cm³/mol. The Labute approximate surface area is 819 Å². The van der Waals surface area contributed by atoms with E-state index in [0.717, 1.165) is 116 Å². The number of ether oxygens (including phenoxy) is 10. The molecule has 0 aliphatic heterocycles. The molecule has 18 nitrogen and oxygen atoms in total. The predicted octanol–water partition coefficient (Wildman–Crippen LogP) is 34.2. The van der Waals surface area contributed by atoms with Crippen LogP contribution in [-0.2, 0) is 0 Å². The zero-order chi connectivity index (χ0) is 96.6. The van der Waals surface area contributed by atoms with Crippen molar-refractivity contribution in [1.29, 1.82) is 10.5 Å². The number of rotatable bonds is 82. The van der Waals surface area contributed by atoms with Crippen LogP contribution in [-0.4, -0.2) is 73.5 Å². The van der Waals surface area contributed by atoms with E-state index in [9.17, 15) is 29.7 Å². The molecule has 746 valence electrons. The third kappa shape index (κ3) is 46.9. The molecule has 136 heavy (non-hydrogen) atoms. The average Bonchev–Trinajstić information content (AvgIpc) is 0.801. The second-order valence-corrected chi connectivity index (χ2v) is 37.3. The highest BCUT2D eigenvalue weighted by molar-refractivity contribution is 5.95. The van der Waals surface area contributed by atoms with Crippen LogP contribution in [0.2, 0.25) is 0 Å². The number of aromatic nitrogens is 2. The number of carbonyl (C=O) groups is 4. The first kappa shape index (κ1) is 113. The summed E-state index contributed by atoms with van der Waals surface area (Å²) in [5.74, 6) is 1.11. The number of nitrogens with zero attached hydrogens (tertiary/aromatic N) is 4. The molecule has 7 aromatic rings. The zero-order valence-electron chi connectivity index (χ0n) is 84.7. The first-order chi connectivity index (χ1) is 66.9. The third-order valence-electron chi connectivity index (χ3n) is 25.4. The van der Waals surface area contributed by atoms with Gasteiger partial charge in [0.05, 0.1) is 73.3 Å². The molecule has 0 amide bonds. The van der Waals surface area contributed by atoms with Gasteiger partial charge in [-0.15, -0.1) is 0 Å². The van der Waals surface area contributed by atoms with Crippen LogP contribution in [0.4, 0.5) is 0 Å². The summed E-state index contributed by atoms with van der Waals surface area (Å²) in [7, 11) is 0. The van der Waals surface area contributed by atoms with E-state index in [1.165, 1.54) is 294 Å². The molecule has 1 heterocycles. The molecular weight excluding hydrogens is 1700 g/mol.